The minimum atomic E-state index is 0.0567. The van der Waals surface area contributed by atoms with Crippen LogP contribution in [0.5, 0.6) is 11.5 Å². The molecular weight excluding hydrogens is 550 g/mol. The predicted molar refractivity (Wildman–Crippen MR) is 170 cm³/mol. The lowest BCUT2D eigenvalue weighted by molar-refractivity contribution is 0.0746. The second-order valence-corrected chi connectivity index (χ2v) is 10.9. The first-order valence-corrected chi connectivity index (χ1v) is 14.8. The van der Waals surface area contributed by atoms with Gasteiger partial charge >= 0.3 is 0 Å². The van der Waals surface area contributed by atoms with Crippen molar-refractivity contribution in [1.82, 2.24) is 20.0 Å². The number of hydrogen-bond donors (Lipinski definition) is 0. The summed E-state index contributed by atoms with van der Waals surface area (Å²) in [6, 6.07) is 35.3. The third-order valence-electron chi connectivity index (χ3n) is 7.90. The van der Waals surface area contributed by atoms with Crippen LogP contribution in [0.25, 0.3) is 22.4 Å². The number of benzene rings is 4. The van der Waals surface area contributed by atoms with Crippen LogP contribution in [-0.4, -0.2) is 52.1 Å². The molecule has 6 aromatic rings. The molecule has 0 radical (unpaired) electrons. The number of ether oxygens (including phenoxy) is 1. The number of hydrogen-bond acceptors (Lipinski definition) is 7. The van der Waals surface area contributed by atoms with Crippen molar-refractivity contribution in [2.75, 3.05) is 31.1 Å². The lowest BCUT2D eigenvalue weighted by Gasteiger charge is -2.36. The van der Waals surface area contributed by atoms with E-state index in [1.54, 1.807) is 0 Å². The van der Waals surface area contributed by atoms with Gasteiger partial charge in [0, 0.05) is 43.7 Å². The van der Waals surface area contributed by atoms with Crippen LogP contribution in [0.3, 0.4) is 0 Å². The van der Waals surface area contributed by atoms with Gasteiger partial charge in [0.2, 0.25) is 0 Å². The molecule has 4 aromatic carbocycles. The van der Waals surface area contributed by atoms with Gasteiger partial charge in [-0.3, -0.25) is 4.79 Å². The molecule has 0 atom stereocenters. The number of nitrogens with zero attached hydrogens (tertiary/aromatic N) is 5. The first-order valence-electron chi connectivity index (χ1n) is 14.8. The van der Waals surface area contributed by atoms with E-state index >= 15 is 0 Å². The summed E-state index contributed by atoms with van der Waals surface area (Å²) in [7, 11) is 0. The zero-order chi connectivity index (χ0) is 29.9. The number of anilines is 1. The van der Waals surface area contributed by atoms with Crippen molar-refractivity contribution in [2.24, 2.45) is 0 Å². The third kappa shape index (κ3) is 5.62. The molecule has 1 fully saturated rings. The zero-order valence-corrected chi connectivity index (χ0v) is 24.4. The molecule has 1 saturated heterocycles. The lowest BCUT2D eigenvalue weighted by Crippen LogP contribution is -2.49. The van der Waals surface area contributed by atoms with Crippen molar-refractivity contribution >= 4 is 22.8 Å². The van der Waals surface area contributed by atoms with E-state index in [9.17, 15) is 4.79 Å². The van der Waals surface area contributed by atoms with Crippen molar-refractivity contribution in [1.29, 1.82) is 0 Å². The smallest absolute Gasteiger partial charge is 0.263 e. The average Bonchev–Trinajstić information content (AvgIpc) is 3.50. The van der Waals surface area contributed by atoms with Gasteiger partial charge in [-0.25, -0.2) is 4.98 Å². The van der Waals surface area contributed by atoms with Gasteiger partial charge in [0.25, 0.3) is 11.6 Å². The molecule has 1 aliphatic heterocycles. The Kier molecular flexibility index (Phi) is 7.46. The second kappa shape index (κ2) is 12.0. The van der Waals surface area contributed by atoms with E-state index in [0.717, 1.165) is 39.2 Å². The van der Waals surface area contributed by atoms with Crippen LogP contribution in [0.4, 0.5) is 5.82 Å². The molecule has 1 aliphatic rings. The number of fused-ring (bicyclic) bond motifs is 1. The monoisotopic (exact) mass is 581 g/mol. The molecule has 0 bridgehead atoms. The van der Waals surface area contributed by atoms with Gasteiger partial charge in [-0.15, -0.1) is 0 Å². The molecule has 0 aliphatic carbocycles. The highest BCUT2D eigenvalue weighted by Crippen LogP contribution is 2.36. The van der Waals surface area contributed by atoms with Gasteiger partial charge in [0.05, 0.1) is 0 Å². The van der Waals surface area contributed by atoms with Crippen LogP contribution in [0.1, 0.15) is 27.3 Å². The third-order valence-corrected chi connectivity index (χ3v) is 7.90. The number of aromatic nitrogens is 3. The Morgan fingerprint density at radius 1 is 0.795 bits per heavy atom. The second-order valence-electron chi connectivity index (χ2n) is 10.9. The van der Waals surface area contributed by atoms with Crippen molar-refractivity contribution in [3.63, 3.8) is 0 Å². The summed E-state index contributed by atoms with van der Waals surface area (Å²) < 4.78 is 12.0. The summed E-state index contributed by atoms with van der Waals surface area (Å²) >= 11 is 0. The molecule has 8 nitrogen and oxygen atoms in total. The predicted octanol–water partition coefficient (Wildman–Crippen LogP) is 6.94. The largest absolute Gasteiger partial charge is 0.457 e. The SMILES string of the molecule is Cc1ccccc1C(=O)N1CCN(c2nc(Cc3ccccc3)nc3onc(-c4cccc(Oc5ccccc5)c4)c23)CC1. The summed E-state index contributed by atoms with van der Waals surface area (Å²) in [5.41, 5.74) is 4.76. The molecule has 0 spiro atoms. The van der Waals surface area contributed by atoms with Crippen molar-refractivity contribution in [3.05, 3.63) is 132 Å². The van der Waals surface area contributed by atoms with Crippen LogP contribution in [0.2, 0.25) is 0 Å². The number of carbonyl (C=O) groups excluding carboxylic acids is 1. The summed E-state index contributed by atoms with van der Waals surface area (Å²) in [6.45, 7) is 4.37. The quantitative estimate of drug-likeness (QED) is 0.202. The van der Waals surface area contributed by atoms with Crippen LogP contribution < -0.4 is 9.64 Å². The maximum Gasteiger partial charge on any atom is 0.263 e. The Balaban J connectivity index is 1.23. The normalized spacial score (nSPS) is 13.3. The highest BCUT2D eigenvalue weighted by atomic mass is 16.5. The molecule has 0 unspecified atom stereocenters. The number of rotatable bonds is 7. The van der Waals surface area contributed by atoms with Gasteiger partial charge < -0.3 is 19.1 Å². The highest BCUT2D eigenvalue weighted by Gasteiger charge is 2.28. The number of carbonyl (C=O) groups is 1. The van der Waals surface area contributed by atoms with Crippen LogP contribution in [-0.2, 0) is 6.42 Å². The first kappa shape index (κ1) is 27.3. The molecule has 0 N–H and O–H groups in total. The number of amides is 1. The van der Waals surface area contributed by atoms with Crippen molar-refractivity contribution in [2.45, 2.75) is 13.3 Å². The minimum Gasteiger partial charge on any atom is -0.457 e. The molecule has 2 aromatic heterocycles. The molecule has 44 heavy (non-hydrogen) atoms. The Hall–Kier alpha value is -5.50. The Morgan fingerprint density at radius 2 is 1.50 bits per heavy atom. The fourth-order valence-corrected chi connectivity index (χ4v) is 5.60. The topological polar surface area (TPSA) is 84.6 Å². The molecule has 218 valence electrons. The van der Waals surface area contributed by atoms with Gasteiger partial charge in [0.15, 0.2) is 0 Å². The van der Waals surface area contributed by atoms with Crippen LogP contribution in [0, 0.1) is 6.92 Å². The summed E-state index contributed by atoms with van der Waals surface area (Å²) in [6.07, 6.45) is 0.561. The van der Waals surface area contributed by atoms with E-state index in [-0.39, 0.29) is 5.91 Å². The van der Waals surface area contributed by atoms with E-state index in [1.807, 2.05) is 109 Å². The zero-order valence-electron chi connectivity index (χ0n) is 24.4. The first-order chi connectivity index (χ1) is 21.6. The standard InChI is InChI=1S/C36H31N5O3/c1-25-11-8-9-18-30(25)36(42)41-21-19-40(20-22-41)34-32-33(27-14-10-17-29(24-27)43-28-15-6-3-7-16-28)39-44-35(32)38-31(37-34)23-26-12-4-2-5-13-26/h2-18,24H,19-23H2,1H3. The lowest BCUT2D eigenvalue weighted by atomic mass is 10.1. The summed E-state index contributed by atoms with van der Waals surface area (Å²) in [5.74, 6) is 2.91. The Bertz CT molecular complexity index is 1920. The van der Waals surface area contributed by atoms with Crippen LogP contribution >= 0.6 is 0 Å². The molecule has 3 heterocycles. The maximum absolute atomic E-state index is 13.3. The number of para-hydroxylation sites is 1. The van der Waals surface area contributed by atoms with E-state index in [4.69, 9.17) is 19.2 Å². The van der Waals surface area contributed by atoms with Crippen molar-refractivity contribution in [3.8, 4) is 22.8 Å². The number of aryl methyl sites for hydroxylation is 1. The molecule has 0 saturated carbocycles. The summed E-state index contributed by atoms with van der Waals surface area (Å²) in [5, 5.41) is 5.23. The van der Waals surface area contributed by atoms with Gasteiger partial charge in [-0.2, -0.15) is 4.98 Å². The number of piperazine rings is 1. The minimum absolute atomic E-state index is 0.0567. The van der Waals surface area contributed by atoms with Gasteiger partial charge in [-0.1, -0.05) is 84.0 Å². The van der Waals surface area contributed by atoms with E-state index in [1.165, 1.54) is 0 Å². The summed E-state index contributed by atoms with van der Waals surface area (Å²) in [4.78, 5) is 27.4. The highest BCUT2D eigenvalue weighted by molar-refractivity contribution is 5.99. The Morgan fingerprint density at radius 3 is 2.27 bits per heavy atom. The van der Waals surface area contributed by atoms with Crippen molar-refractivity contribution < 1.29 is 14.1 Å². The molecule has 1 amide bonds. The van der Waals surface area contributed by atoms with Gasteiger partial charge in [-0.05, 0) is 48.4 Å². The van der Waals surface area contributed by atoms with E-state index in [2.05, 4.69) is 22.2 Å². The van der Waals surface area contributed by atoms with E-state index in [0.29, 0.717) is 55.6 Å². The molecule has 7 rings (SSSR count). The average molecular weight is 582 g/mol. The fourth-order valence-electron chi connectivity index (χ4n) is 5.60. The fraction of sp³-hybridized carbons (Fsp3) is 0.167. The van der Waals surface area contributed by atoms with Gasteiger partial charge in [0.1, 0.15) is 34.2 Å². The molecule has 8 heteroatoms. The van der Waals surface area contributed by atoms with E-state index < -0.39 is 0 Å². The van der Waals surface area contributed by atoms with Crippen LogP contribution in [0.15, 0.2) is 114 Å². The Labute approximate surface area is 255 Å². The maximum atomic E-state index is 13.3. The molecular formula is C36H31N5O3.